The zero-order chi connectivity index (χ0) is 22.4. The third-order valence-electron chi connectivity index (χ3n) is 6.38. The number of pyridine rings is 1. The largest absolute Gasteiger partial charge is 0.264 e. The second kappa shape index (κ2) is 8.06. The third kappa shape index (κ3) is 3.39. The van der Waals surface area contributed by atoms with Gasteiger partial charge in [-0.05, 0) is 69.6 Å². The maximum Gasteiger partial charge on any atom is 0.0353 e. The van der Waals surface area contributed by atoms with Crippen molar-refractivity contribution in [2.75, 3.05) is 0 Å². The molecule has 0 radical (unpaired) electrons. The van der Waals surface area contributed by atoms with E-state index in [0.29, 0.717) is 0 Å². The van der Waals surface area contributed by atoms with Crippen LogP contribution >= 0.6 is 11.8 Å². The molecule has 0 aliphatic heterocycles. The van der Waals surface area contributed by atoms with Gasteiger partial charge in [-0.3, -0.25) is 4.98 Å². The van der Waals surface area contributed by atoms with Crippen molar-refractivity contribution in [3.05, 3.63) is 115 Å². The molecule has 0 saturated heterocycles. The summed E-state index contributed by atoms with van der Waals surface area (Å²) in [4.78, 5) is 7.14. The Balaban J connectivity index is 1.72. The summed E-state index contributed by atoms with van der Waals surface area (Å²) in [5, 5.41) is 7.51. The molecule has 158 valence electrons. The van der Waals surface area contributed by atoms with Crippen LogP contribution in [0.15, 0.2) is 113 Å². The van der Waals surface area contributed by atoms with Gasteiger partial charge in [-0.2, -0.15) is 0 Å². The molecule has 0 N–H and O–H groups in total. The number of nitrogens with zero attached hydrogens (tertiary/aromatic N) is 1. The molecule has 1 nitrogen and oxygen atoms in total. The van der Waals surface area contributed by atoms with Crippen LogP contribution in [0.1, 0.15) is 11.1 Å². The fourth-order valence-electron chi connectivity index (χ4n) is 4.85. The summed E-state index contributed by atoms with van der Waals surface area (Å²) in [6, 6.07) is 32.9. The molecule has 0 saturated carbocycles. The first kappa shape index (κ1) is 20.0. The highest BCUT2D eigenvalue weighted by atomic mass is 32.2. The van der Waals surface area contributed by atoms with Crippen LogP contribution in [-0.2, 0) is 0 Å². The Hall–Kier alpha value is -3.62. The van der Waals surface area contributed by atoms with Crippen LogP contribution in [0.5, 0.6) is 0 Å². The maximum absolute atomic E-state index is 4.55. The van der Waals surface area contributed by atoms with Crippen LogP contribution in [0.3, 0.4) is 0 Å². The Morgan fingerprint density at radius 2 is 1.36 bits per heavy atom. The smallest absolute Gasteiger partial charge is 0.0353 e. The number of aryl methyl sites for hydroxylation is 2. The quantitative estimate of drug-likeness (QED) is 0.254. The molecular formula is C31H23NS. The summed E-state index contributed by atoms with van der Waals surface area (Å²) in [6.45, 7) is 4.35. The topological polar surface area (TPSA) is 12.9 Å². The highest BCUT2D eigenvalue weighted by Crippen LogP contribution is 2.46. The van der Waals surface area contributed by atoms with Gasteiger partial charge in [0.05, 0.1) is 0 Å². The Bertz CT molecular complexity index is 1600. The van der Waals surface area contributed by atoms with E-state index in [1.807, 2.05) is 24.2 Å². The molecule has 0 amide bonds. The summed E-state index contributed by atoms with van der Waals surface area (Å²) < 4.78 is 0. The summed E-state index contributed by atoms with van der Waals surface area (Å²) in [6.07, 6.45) is 3.95. The first-order valence-corrected chi connectivity index (χ1v) is 12.0. The predicted molar refractivity (Wildman–Crippen MR) is 142 cm³/mol. The van der Waals surface area contributed by atoms with Gasteiger partial charge in [0.1, 0.15) is 0 Å². The van der Waals surface area contributed by atoms with Gasteiger partial charge >= 0.3 is 0 Å². The zero-order valence-electron chi connectivity index (χ0n) is 18.7. The SMILES string of the molecule is Cc1ccc(Sc2c3ccccc3c(-c3cccc4ccccc34)c3cnccc23)c(C)c1. The van der Waals surface area contributed by atoms with Crippen LogP contribution in [-0.4, -0.2) is 4.98 Å². The molecule has 0 bridgehead atoms. The average molecular weight is 442 g/mol. The van der Waals surface area contributed by atoms with Crippen LogP contribution in [0.4, 0.5) is 0 Å². The lowest BCUT2D eigenvalue weighted by Gasteiger charge is -2.18. The van der Waals surface area contributed by atoms with Crippen molar-refractivity contribution >= 4 is 44.1 Å². The maximum atomic E-state index is 4.55. The van der Waals surface area contributed by atoms with E-state index in [9.17, 15) is 0 Å². The molecule has 33 heavy (non-hydrogen) atoms. The molecule has 0 spiro atoms. The Kier molecular flexibility index (Phi) is 4.89. The summed E-state index contributed by atoms with van der Waals surface area (Å²) in [7, 11) is 0. The first-order valence-electron chi connectivity index (χ1n) is 11.2. The molecule has 5 aromatic carbocycles. The number of hydrogen-bond acceptors (Lipinski definition) is 2. The van der Waals surface area contributed by atoms with Crippen LogP contribution in [0.2, 0.25) is 0 Å². The molecule has 1 aromatic heterocycles. The van der Waals surface area contributed by atoms with E-state index >= 15 is 0 Å². The van der Waals surface area contributed by atoms with Crippen LogP contribution in [0, 0.1) is 13.8 Å². The van der Waals surface area contributed by atoms with Crippen LogP contribution < -0.4 is 0 Å². The summed E-state index contributed by atoms with van der Waals surface area (Å²) >= 11 is 1.86. The Labute approximate surface area is 198 Å². The number of hydrogen-bond donors (Lipinski definition) is 0. The lowest BCUT2D eigenvalue weighted by atomic mass is 9.90. The minimum Gasteiger partial charge on any atom is -0.264 e. The van der Waals surface area contributed by atoms with Gasteiger partial charge in [0.2, 0.25) is 0 Å². The fraction of sp³-hybridized carbons (Fsp3) is 0.0645. The van der Waals surface area contributed by atoms with E-state index in [2.05, 4.69) is 110 Å². The van der Waals surface area contributed by atoms with Crippen LogP contribution in [0.25, 0.3) is 43.4 Å². The number of aromatic nitrogens is 1. The minimum absolute atomic E-state index is 1.19. The van der Waals surface area contributed by atoms with E-state index in [4.69, 9.17) is 0 Å². The molecule has 0 unspecified atom stereocenters. The van der Waals surface area contributed by atoms with Gasteiger partial charge in [-0.1, -0.05) is 96.2 Å². The second-order valence-electron chi connectivity index (χ2n) is 8.57. The van der Waals surface area contributed by atoms with Crippen molar-refractivity contribution in [1.29, 1.82) is 0 Å². The van der Waals surface area contributed by atoms with Crippen molar-refractivity contribution < 1.29 is 0 Å². The number of rotatable bonds is 3. The molecule has 0 atom stereocenters. The van der Waals surface area contributed by atoms with Gasteiger partial charge in [0.15, 0.2) is 0 Å². The first-order chi connectivity index (χ1) is 16.2. The van der Waals surface area contributed by atoms with Gasteiger partial charge in [0.25, 0.3) is 0 Å². The lowest BCUT2D eigenvalue weighted by Crippen LogP contribution is -1.91. The molecule has 0 fully saturated rings. The monoisotopic (exact) mass is 441 g/mol. The summed E-state index contributed by atoms with van der Waals surface area (Å²) in [5.74, 6) is 0. The highest BCUT2D eigenvalue weighted by molar-refractivity contribution is 7.99. The van der Waals surface area contributed by atoms with Crippen molar-refractivity contribution in [2.24, 2.45) is 0 Å². The molecular weight excluding hydrogens is 418 g/mol. The predicted octanol–water partition coefficient (Wildman–Crippen LogP) is 8.98. The zero-order valence-corrected chi connectivity index (χ0v) is 19.5. The highest BCUT2D eigenvalue weighted by Gasteiger charge is 2.18. The fourth-order valence-corrected chi connectivity index (χ4v) is 6.00. The number of benzene rings is 5. The van der Waals surface area contributed by atoms with Gasteiger partial charge < -0.3 is 0 Å². The molecule has 1 heterocycles. The normalized spacial score (nSPS) is 11.5. The lowest BCUT2D eigenvalue weighted by molar-refractivity contribution is 1.26. The molecule has 6 aromatic rings. The standard InChI is InChI=1S/C31H23NS/c1-20-14-15-29(21(2)18-20)33-31-26-12-6-5-11-25(26)30(28-19-32-17-16-27(28)31)24-13-7-9-22-8-3-4-10-23(22)24/h3-19H,1-2H3. The van der Waals surface area contributed by atoms with Crippen molar-refractivity contribution in [3.8, 4) is 11.1 Å². The van der Waals surface area contributed by atoms with Crippen molar-refractivity contribution in [1.82, 2.24) is 4.98 Å². The van der Waals surface area contributed by atoms with E-state index in [-0.39, 0.29) is 0 Å². The minimum atomic E-state index is 1.19. The van der Waals surface area contributed by atoms with Crippen molar-refractivity contribution in [2.45, 2.75) is 23.6 Å². The van der Waals surface area contributed by atoms with E-state index in [1.54, 1.807) is 0 Å². The second-order valence-corrected chi connectivity index (χ2v) is 9.62. The molecule has 6 rings (SSSR count). The molecule has 2 heteroatoms. The molecule has 0 aliphatic rings. The van der Waals surface area contributed by atoms with Gasteiger partial charge in [0, 0.05) is 27.6 Å². The van der Waals surface area contributed by atoms with E-state index in [1.165, 1.54) is 64.4 Å². The Morgan fingerprint density at radius 1 is 0.636 bits per heavy atom. The van der Waals surface area contributed by atoms with Gasteiger partial charge in [-0.15, -0.1) is 0 Å². The molecule has 0 aliphatic carbocycles. The third-order valence-corrected chi connectivity index (χ3v) is 7.70. The average Bonchev–Trinajstić information content (AvgIpc) is 2.85. The Morgan fingerprint density at radius 3 is 2.21 bits per heavy atom. The van der Waals surface area contributed by atoms with Crippen molar-refractivity contribution in [3.63, 3.8) is 0 Å². The van der Waals surface area contributed by atoms with Gasteiger partial charge in [-0.25, -0.2) is 0 Å². The number of fused-ring (bicyclic) bond motifs is 3. The van der Waals surface area contributed by atoms with E-state index < -0.39 is 0 Å². The summed E-state index contributed by atoms with van der Waals surface area (Å²) in [5.41, 5.74) is 5.12. The van der Waals surface area contributed by atoms with E-state index in [0.717, 1.165) is 0 Å².